The number of halogens is 3. The first-order valence-electron chi connectivity index (χ1n) is 6.11. The Morgan fingerprint density at radius 3 is 2.52 bits per heavy atom. The minimum Gasteiger partial charge on any atom is -0.398 e. The molecule has 0 aliphatic carbocycles. The number of fused-ring (bicyclic) bond motifs is 1. The first-order chi connectivity index (χ1) is 10.1. The van der Waals surface area contributed by atoms with E-state index >= 15 is 0 Å². The molecule has 0 fully saturated rings. The Labute approximate surface area is 118 Å². The van der Waals surface area contributed by atoms with Crippen molar-refractivity contribution in [3.05, 3.63) is 60.0 Å². The van der Waals surface area contributed by atoms with Crippen LogP contribution in [0.25, 0.3) is 10.8 Å². The Bertz CT molecular complexity index is 834. The van der Waals surface area contributed by atoms with Crippen LogP contribution in [0.4, 0.5) is 30.4 Å². The van der Waals surface area contributed by atoms with E-state index in [1.807, 2.05) is 0 Å². The van der Waals surface area contributed by atoms with Crippen molar-refractivity contribution in [3.8, 4) is 0 Å². The summed E-state index contributed by atoms with van der Waals surface area (Å²) in [5, 5.41) is 4.05. The van der Waals surface area contributed by atoms with Crippen molar-refractivity contribution in [1.82, 2.24) is 4.98 Å². The smallest absolute Gasteiger partial charge is 0.196 e. The normalized spacial score (nSPS) is 10.8. The summed E-state index contributed by atoms with van der Waals surface area (Å²) in [4.78, 5) is 4.09. The molecular weight excluding hydrogens is 279 g/mol. The van der Waals surface area contributed by atoms with E-state index < -0.39 is 17.5 Å². The van der Waals surface area contributed by atoms with Crippen LogP contribution in [-0.2, 0) is 0 Å². The quantitative estimate of drug-likeness (QED) is 0.554. The number of nitrogens with one attached hydrogen (secondary N) is 1. The summed E-state index contributed by atoms with van der Waals surface area (Å²) in [6, 6.07) is 8.88. The van der Waals surface area contributed by atoms with Crippen LogP contribution in [0.15, 0.2) is 42.6 Å². The highest BCUT2D eigenvalue weighted by Crippen LogP contribution is 2.29. The molecular formula is C15H10F3N3. The maximum Gasteiger partial charge on any atom is 0.196 e. The molecule has 2 aromatic carbocycles. The number of nitrogens with zero attached hydrogens (tertiary/aromatic N) is 1. The standard InChI is InChI=1S/C15H10F3N3/c16-10-4-5-12(14(18)13(10)17)21-15-9-2-1-3-11(19)8(9)6-7-20-15/h1-7H,19H2,(H,20,21). The van der Waals surface area contributed by atoms with Crippen LogP contribution in [0.2, 0.25) is 0 Å². The zero-order valence-corrected chi connectivity index (χ0v) is 10.7. The molecule has 3 aromatic rings. The predicted molar refractivity (Wildman–Crippen MR) is 75.8 cm³/mol. The van der Waals surface area contributed by atoms with Gasteiger partial charge in [-0.2, -0.15) is 0 Å². The lowest BCUT2D eigenvalue weighted by atomic mass is 10.1. The van der Waals surface area contributed by atoms with Gasteiger partial charge in [0.1, 0.15) is 5.82 Å². The Kier molecular flexibility index (Phi) is 3.13. The van der Waals surface area contributed by atoms with Crippen LogP contribution in [0, 0.1) is 17.5 Å². The van der Waals surface area contributed by atoms with Gasteiger partial charge in [0.25, 0.3) is 0 Å². The Morgan fingerprint density at radius 2 is 1.71 bits per heavy atom. The third-order valence-electron chi connectivity index (χ3n) is 3.13. The fourth-order valence-electron chi connectivity index (χ4n) is 2.08. The Balaban J connectivity index is 2.11. The molecule has 0 aliphatic heterocycles. The number of hydrogen-bond donors (Lipinski definition) is 2. The third kappa shape index (κ3) is 2.24. The number of nitrogens with two attached hydrogens (primary N) is 1. The third-order valence-corrected chi connectivity index (χ3v) is 3.13. The van der Waals surface area contributed by atoms with Gasteiger partial charge < -0.3 is 11.1 Å². The van der Waals surface area contributed by atoms with Gasteiger partial charge in [0, 0.05) is 22.7 Å². The van der Waals surface area contributed by atoms with Gasteiger partial charge in [-0.15, -0.1) is 0 Å². The number of benzene rings is 2. The van der Waals surface area contributed by atoms with Crippen molar-refractivity contribution < 1.29 is 13.2 Å². The lowest BCUT2D eigenvalue weighted by molar-refractivity contribution is 0.449. The Hall–Kier alpha value is -2.76. The van der Waals surface area contributed by atoms with E-state index in [0.29, 0.717) is 16.9 Å². The van der Waals surface area contributed by atoms with E-state index in [1.165, 1.54) is 6.20 Å². The summed E-state index contributed by atoms with van der Waals surface area (Å²) in [7, 11) is 0. The van der Waals surface area contributed by atoms with Crippen LogP contribution in [0.5, 0.6) is 0 Å². The second-order valence-electron chi connectivity index (χ2n) is 4.45. The van der Waals surface area contributed by atoms with Crippen LogP contribution in [-0.4, -0.2) is 4.98 Å². The molecule has 106 valence electrons. The maximum atomic E-state index is 13.7. The summed E-state index contributed by atoms with van der Waals surface area (Å²) in [6.45, 7) is 0. The van der Waals surface area contributed by atoms with Gasteiger partial charge in [-0.3, -0.25) is 0 Å². The second-order valence-corrected chi connectivity index (χ2v) is 4.45. The molecule has 0 saturated carbocycles. The van der Waals surface area contributed by atoms with Gasteiger partial charge in [-0.05, 0) is 24.3 Å². The molecule has 21 heavy (non-hydrogen) atoms. The van der Waals surface area contributed by atoms with E-state index in [9.17, 15) is 13.2 Å². The van der Waals surface area contributed by atoms with Crippen molar-refractivity contribution in [3.63, 3.8) is 0 Å². The molecule has 1 heterocycles. The molecule has 0 spiro atoms. The van der Waals surface area contributed by atoms with Crippen molar-refractivity contribution in [1.29, 1.82) is 0 Å². The molecule has 0 unspecified atom stereocenters. The van der Waals surface area contributed by atoms with Crippen LogP contribution < -0.4 is 11.1 Å². The zero-order valence-electron chi connectivity index (χ0n) is 10.7. The number of pyridine rings is 1. The number of hydrogen-bond acceptors (Lipinski definition) is 3. The Morgan fingerprint density at radius 1 is 0.905 bits per heavy atom. The SMILES string of the molecule is Nc1cccc2c(Nc3ccc(F)c(F)c3F)nccc12. The van der Waals surface area contributed by atoms with Crippen LogP contribution in [0.3, 0.4) is 0 Å². The van der Waals surface area contributed by atoms with Crippen molar-refractivity contribution >= 4 is 28.0 Å². The van der Waals surface area contributed by atoms with Gasteiger partial charge in [0.05, 0.1) is 5.69 Å². The van der Waals surface area contributed by atoms with E-state index in [4.69, 9.17) is 5.73 Å². The van der Waals surface area contributed by atoms with Crippen molar-refractivity contribution in [2.24, 2.45) is 0 Å². The molecule has 0 radical (unpaired) electrons. The van der Waals surface area contributed by atoms with Gasteiger partial charge in [-0.1, -0.05) is 12.1 Å². The molecule has 0 bridgehead atoms. The van der Waals surface area contributed by atoms with Crippen LogP contribution in [0.1, 0.15) is 0 Å². The van der Waals surface area contributed by atoms with Gasteiger partial charge >= 0.3 is 0 Å². The molecule has 3 nitrogen and oxygen atoms in total. The highest BCUT2D eigenvalue weighted by molar-refractivity contribution is 5.99. The minimum absolute atomic E-state index is 0.198. The number of rotatable bonds is 2. The molecule has 0 saturated heterocycles. The van der Waals surface area contributed by atoms with Crippen molar-refractivity contribution in [2.75, 3.05) is 11.1 Å². The minimum atomic E-state index is -1.53. The topological polar surface area (TPSA) is 50.9 Å². The summed E-state index contributed by atoms with van der Waals surface area (Å²) in [6.07, 6.45) is 1.50. The van der Waals surface area contributed by atoms with Crippen molar-refractivity contribution in [2.45, 2.75) is 0 Å². The highest BCUT2D eigenvalue weighted by atomic mass is 19.2. The molecule has 0 atom stereocenters. The second kappa shape index (κ2) is 4.97. The van der Waals surface area contributed by atoms with E-state index in [2.05, 4.69) is 10.3 Å². The van der Waals surface area contributed by atoms with Gasteiger partial charge in [0.2, 0.25) is 0 Å². The van der Waals surface area contributed by atoms with E-state index in [0.717, 1.165) is 17.5 Å². The molecule has 6 heteroatoms. The lowest BCUT2D eigenvalue weighted by Crippen LogP contribution is -2.01. The van der Waals surface area contributed by atoms with E-state index in [1.54, 1.807) is 24.3 Å². The largest absolute Gasteiger partial charge is 0.398 e. The average molecular weight is 289 g/mol. The summed E-state index contributed by atoms with van der Waals surface area (Å²) in [5.41, 5.74) is 6.20. The first kappa shape index (κ1) is 13.2. The lowest BCUT2D eigenvalue weighted by Gasteiger charge is -2.11. The fraction of sp³-hybridized carbons (Fsp3) is 0. The molecule has 0 aliphatic rings. The first-order valence-corrected chi connectivity index (χ1v) is 6.11. The van der Waals surface area contributed by atoms with Gasteiger partial charge in [0.15, 0.2) is 17.5 Å². The summed E-state index contributed by atoms with van der Waals surface area (Å²) in [5.74, 6) is -3.75. The average Bonchev–Trinajstić information content (AvgIpc) is 2.49. The van der Waals surface area contributed by atoms with Crippen LogP contribution >= 0.6 is 0 Å². The zero-order chi connectivity index (χ0) is 15.0. The predicted octanol–water partition coefficient (Wildman–Crippen LogP) is 3.98. The molecule has 3 N–H and O–H groups in total. The summed E-state index contributed by atoms with van der Waals surface area (Å²) >= 11 is 0. The summed E-state index contributed by atoms with van der Waals surface area (Å²) < 4.78 is 39.9. The number of nitrogen functional groups attached to an aromatic ring is 1. The van der Waals surface area contributed by atoms with E-state index in [-0.39, 0.29) is 5.69 Å². The number of anilines is 3. The highest BCUT2D eigenvalue weighted by Gasteiger charge is 2.14. The monoisotopic (exact) mass is 289 g/mol. The molecule has 0 amide bonds. The van der Waals surface area contributed by atoms with Gasteiger partial charge in [-0.25, -0.2) is 18.2 Å². The fourth-order valence-corrected chi connectivity index (χ4v) is 2.08. The molecule has 3 rings (SSSR count). The maximum absolute atomic E-state index is 13.7. The number of aromatic nitrogens is 1. The molecule has 1 aromatic heterocycles.